The van der Waals surface area contributed by atoms with Crippen LogP contribution < -0.4 is 10.6 Å². The molecule has 116 valence electrons. The zero-order chi connectivity index (χ0) is 16.1. The number of urea groups is 1. The fourth-order valence-electron chi connectivity index (χ4n) is 2.74. The van der Waals surface area contributed by atoms with E-state index in [-0.39, 0.29) is 18.1 Å². The van der Waals surface area contributed by atoms with E-state index >= 15 is 0 Å². The monoisotopic (exact) mass is 296 g/mol. The zero-order valence-electron chi connectivity index (χ0n) is 13.7. The van der Waals surface area contributed by atoms with Gasteiger partial charge in [-0.15, -0.1) is 0 Å². The standard InChI is InChI=1S/C19H24N2O/c1-13-9-5-7-11-17(13)15(3)20-19(22)21-16(4)18-12-8-6-10-14(18)2/h5-12,15-16H,1-4H3,(H2,20,21,22)/t15-,16-/m1/s1. The number of aryl methyl sites for hydroxylation is 2. The number of benzene rings is 2. The molecule has 0 saturated carbocycles. The summed E-state index contributed by atoms with van der Waals surface area (Å²) in [6, 6.07) is 16.0. The lowest BCUT2D eigenvalue weighted by Gasteiger charge is -2.20. The van der Waals surface area contributed by atoms with E-state index in [2.05, 4.69) is 36.6 Å². The van der Waals surface area contributed by atoms with Crippen molar-refractivity contribution in [1.29, 1.82) is 0 Å². The Labute approximate surface area is 132 Å². The molecule has 0 bridgehead atoms. The third kappa shape index (κ3) is 3.88. The Bertz CT molecular complexity index is 596. The minimum absolute atomic E-state index is 0.0229. The molecule has 2 atom stereocenters. The van der Waals surface area contributed by atoms with E-state index in [1.54, 1.807) is 0 Å². The van der Waals surface area contributed by atoms with Gasteiger partial charge in [0.15, 0.2) is 0 Å². The van der Waals surface area contributed by atoms with Crippen molar-refractivity contribution in [1.82, 2.24) is 10.6 Å². The molecule has 0 aliphatic rings. The van der Waals surface area contributed by atoms with Gasteiger partial charge in [-0.05, 0) is 49.9 Å². The van der Waals surface area contributed by atoms with Crippen LogP contribution in [0.5, 0.6) is 0 Å². The Morgan fingerprint density at radius 3 is 1.50 bits per heavy atom. The van der Waals surface area contributed by atoms with E-state index in [9.17, 15) is 4.79 Å². The van der Waals surface area contributed by atoms with Crippen LogP contribution in [0.2, 0.25) is 0 Å². The lowest BCUT2D eigenvalue weighted by atomic mass is 10.0. The number of carbonyl (C=O) groups excluding carboxylic acids is 1. The van der Waals surface area contributed by atoms with Crippen LogP contribution in [0.3, 0.4) is 0 Å². The lowest BCUT2D eigenvalue weighted by Crippen LogP contribution is -2.38. The molecule has 3 heteroatoms. The van der Waals surface area contributed by atoms with E-state index in [1.807, 2.05) is 50.2 Å². The molecule has 22 heavy (non-hydrogen) atoms. The van der Waals surface area contributed by atoms with Gasteiger partial charge in [0, 0.05) is 0 Å². The van der Waals surface area contributed by atoms with Crippen molar-refractivity contribution >= 4 is 6.03 Å². The Morgan fingerprint density at radius 1 is 0.773 bits per heavy atom. The van der Waals surface area contributed by atoms with Crippen LogP contribution in [0, 0.1) is 13.8 Å². The number of carbonyl (C=O) groups is 1. The van der Waals surface area contributed by atoms with Crippen LogP contribution in [-0.4, -0.2) is 6.03 Å². The SMILES string of the molecule is Cc1ccccc1[C@@H](C)NC(=O)N[C@H](C)c1ccccc1C. The molecule has 0 radical (unpaired) electrons. The first-order valence-electron chi connectivity index (χ1n) is 7.67. The molecule has 0 fully saturated rings. The number of hydrogen-bond donors (Lipinski definition) is 2. The third-order valence-electron chi connectivity index (χ3n) is 4.01. The molecule has 0 aliphatic carbocycles. The van der Waals surface area contributed by atoms with Crippen molar-refractivity contribution in [2.45, 2.75) is 39.8 Å². The fourth-order valence-corrected chi connectivity index (χ4v) is 2.74. The van der Waals surface area contributed by atoms with Crippen LogP contribution in [0.15, 0.2) is 48.5 Å². The second kappa shape index (κ2) is 7.12. The number of hydrogen-bond acceptors (Lipinski definition) is 1. The number of nitrogens with one attached hydrogen (secondary N) is 2. The normalized spacial score (nSPS) is 13.3. The second-order valence-electron chi connectivity index (χ2n) is 5.77. The molecule has 0 aliphatic heterocycles. The van der Waals surface area contributed by atoms with Crippen molar-refractivity contribution < 1.29 is 4.79 Å². The van der Waals surface area contributed by atoms with Gasteiger partial charge in [0.2, 0.25) is 0 Å². The van der Waals surface area contributed by atoms with Crippen LogP contribution >= 0.6 is 0 Å². The zero-order valence-corrected chi connectivity index (χ0v) is 13.7. The first kappa shape index (κ1) is 16.1. The molecule has 2 amide bonds. The van der Waals surface area contributed by atoms with Crippen molar-refractivity contribution in [2.75, 3.05) is 0 Å². The quantitative estimate of drug-likeness (QED) is 0.861. The second-order valence-corrected chi connectivity index (χ2v) is 5.77. The first-order valence-corrected chi connectivity index (χ1v) is 7.67. The van der Waals surface area contributed by atoms with E-state index < -0.39 is 0 Å². The Kier molecular flexibility index (Phi) is 5.21. The van der Waals surface area contributed by atoms with Crippen molar-refractivity contribution in [2.24, 2.45) is 0 Å². The highest BCUT2D eigenvalue weighted by molar-refractivity contribution is 5.75. The predicted molar refractivity (Wildman–Crippen MR) is 90.9 cm³/mol. The van der Waals surface area contributed by atoms with Gasteiger partial charge in [0.25, 0.3) is 0 Å². The molecule has 2 rings (SSSR count). The summed E-state index contributed by atoms with van der Waals surface area (Å²) in [6.45, 7) is 8.11. The number of rotatable bonds is 4. The molecule has 0 saturated heterocycles. The topological polar surface area (TPSA) is 41.1 Å². The van der Waals surface area contributed by atoms with Crippen LogP contribution in [0.25, 0.3) is 0 Å². The molecule has 2 N–H and O–H groups in total. The molecule has 3 nitrogen and oxygen atoms in total. The Morgan fingerprint density at radius 2 is 1.14 bits per heavy atom. The van der Waals surface area contributed by atoms with Gasteiger partial charge in [0.05, 0.1) is 12.1 Å². The fraction of sp³-hybridized carbons (Fsp3) is 0.316. The van der Waals surface area contributed by atoms with Crippen LogP contribution in [0.1, 0.15) is 48.2 Å². The summed E-state index contributed by atoms with van der Waals surface area (Å²) in [5, 5.41) is 6.01. The molecule has 2 aromatic carbocycles. The maximum Gasteiger partial charge on any atom is 0.315 e. The molecular weight excluding hydrogens is 272 g/mol. The van der Waals surface area contributed by atoms with Crippen molar-refractivity contribution in [3.63, 3.8) is 0 Å². The molecule has 0 aromatic heterocycles. The molecule has 0 unspecified atom stereocenters. The van der Waals surface area contributed by atoms with E-state index in [1.165, 1.54) is 11.1 Å². The minimum Gasteiger partial charge on any atom is -0.332 e. The molecule has 0 spiro atoms. The largest absolute Gasteiger partial charge is 0.332 e. The smallest absolute Gasteiger partial charge is 0.315 e. The van der Waals surface area contributed by atoms with Gasteiger partial charge in [-0.1, -0.05) is 48.5 Å². The van der Waals surface area contributed by atoms with E-state index in [0.29, 0.717) is 0 Å². The van der Waals surface area contributed by atoms with Crippen LogP contribution in [0.4, 0.5) is 4.79 Å². The predicted octanol–water partition coefficient (Wildman–Crippen LogP) is 4.42. The Hall–Kier alpha value is -2.29. The first-order chi connectivity index (χ1) is 10.5. The summed E-state index contributed by atoms with van der Waals surface area (Å²) in [6.07, 6.45) is 0. The highest BCUT2D eigenvalue weighted by atomic mass is 16.2. The average Bonchev–Trinajstić information content (AvgIpc) is 2.47. The number of amides is 2. The average molecular weight is 296 g/mol. The lowest BCUT2D eigenvalue weighted by molar-refractivity contribution is 0.235. The maximum atomic E-state index is 12.2. The van der Waals surface area contributed by atoms with Gasteiger partial charge in [-0.3, -0.25) is 0 Å². The summed E-state index contributed by atoms with van der Waals surface area (Å²) in [7, 11) is 0. The Balaban J connectivity index is 1.98. The van der Waals surface area contributed by atoms with Gasteiger partial charge in [-0.2, -0.15) is 0 Å². The van der Waals surface area contributed by atoms with Crippen molar-refractivity contribution in [3.05, 3.63) is 70.8 Å². The maximum absolute atomic E-state index is 12.2. The summed E-state index contributed by atoms with van der Waals surface area (Å²) < 4.78 is 0. The van der Waals surface area contributed by atoms with Crippen LogP contribution in [-0.2, 0) is 0 Å². The van der Waals surface area contributed by atoms with Gasteiger partial charge in [0.1, 0.15) is 0 Å². The summed E-state index contributed by atoms with van der Waals surface area (Å²) >= 11 is 0. The highest BCUT2D eigenvalue weighted by Gasteiger charge is 2.14. The van der Waals surface area contributed by atoms with E-state index in [0.717, 1.165) is 11.1 Å². The van der Waals surface area contributed by atoms with Gasteiger partial charge < -0.3 is 10.6 Å². The summed E-state index contributed by atoms with van der Waals surface area (Å²) in [5.41, 5.74) is 4.65. The van der Waals surface area contributed by atoms with Gasteiger partial charge >= 0.3 is 6.03 Å². The van der Waals surface area contributed by atoms with E-state index in [4.69, 9.17) is 0 Å². The highest BCUT2D eigenvalue weighted by Crippen LogP contribution is 2.18. The molecule has 0 heterocycles. The minimum atomic E-state index is -0.147. The molecule has 2 aromatic rings. The summed E-state index contributed by atoms with van der Waals surface area (Å²) in [4.78, 5) is 12.2. The van der Waals surface area contributed by atoms with Gasteiger partial charge in [-0.25, -0.2) is 4.79 Å². The van der Waals surface area contributed by atoms with Crippen molar-refractivity contribution in [3.8, 4) is 0 Å². The third-order valence-corrected chi connectivity index (χ3v) is 4.01. The summed E-state index contributed by atoms with van der Waals surface area (Å²) in [5.74, 6) is 0. The molecular formula is C19H24N2O.